The normalized spacial score (nSPS) is 10.5. The highest BCUT2D eigenvalue weighted by Gasteiger charge is 2.15. The molecule has 0 fully saturated rings. The van der Waals surface area contributed by atoms with Crippen LogP contribution >= 0.6 is 11.8 Å². The second-order valence-electron chi connectivity index (χ2n) is 4.53. The van der Waals surface area contributed by atoms with E-state index in [1.807, 2.05) is 6.92 Å². The van der Waals surface area contributed by atoms with Gasteiger partial charge in [-0.25, -0.2) is 0 Å². The average molecular weight is 321 g/mol. The highest BCUT2D eigenvalue weighted by Crippen LogP contribution is 2.22. The second-order valence-corrected chi connectivity index (χ2v) is 5.80. The van der Waals surface area contributed by atoms with E-state index in [0.717, 1.165) is 11.3 Å². The smallest absolute Gasteiger partial charge is 0.277 e. The maximum Gasteiger partial charge on any atom is 0.277 e. The highest BCUT2D eigenvalue weighted by atomic mass is 32.2. The van der Waals surface area contributed by atoms with Crippen molar-refractivity contribution in [1.29, 1.82) is 0 Å². The summed E-state index contributed by atoms with van der Waals surface area (Å²) in [6, 6.07) is 5.87. The van der Waals surface area contributed by atoms with Crippen LogP contribution in [-0.2, 0) is 5.75 Å². The van der Waals surface area contributed by atoms with Gasteiger partial charge in [0.05, 0.1) is 16.4 Å². The van der Waals surface area contributed by atoms with Crippen molar-refractivity contribution in [3.05, 3.63) is 51.4 Å². The van der Waals surface area contributed by atoms with Crippen molar-refractivity contribution in [3.63, 3.8) is 0 Å². The summed E-state index contributed by atoms with van der Waals surface area (Å²) >= 11 is 1.66. The molecule has 0 spiro atoms. The van der Waals surface area contributed by atoms with Crippen LogP contribution in [0.4, 0.5) is 11.4 Å². The highest BCUT2D eigenvalue weighted by molar-refractivity contribution is 7.98. The van der Waals surface area contributed by atoms with Gasteiger partial charge in [-0.2, -0.15) is 11.8 Å². The van der Waals surface area contributed by atoms with Crippen molar-refractivity contribution >= 4 is 29.0 Å². The average Bonchev–Trinajstić information content (AvgIpc) is 2.96. The third-order valence-electron chi connectivity index (χ3n) is 2.92. The monoisotopic (exact) mass is 321 g/mol. The molecule has 0 bridgehead atoms. The zero-order chi connectivity index (χ0) is 16.1. The Bertz CT molecular complexity index is 699. The molecule has 1 heterocycles. The van der Waals surface area contributed by atoms with E-state index in [9.17, 15) is 14.9 Å². The van der Waals surface area contributed by atoms with E-state index in [2.05, 4.69) is 10.5 Å². The summed E-state index contributed by atoms with van der Waals surface area (Å²) in [5.74, 6) is 1.75. The Morgan fingerprint density at radius 2 is 2.23 bits per heavy atom. The summed E-state index contributed by atoms with van der Waals surface area (Å²) in [4.78, 5) is 22.4. The lowest BCUT2D eigenvalue weighted by Crippen LogP contribution is -2.13. The summed E-state index contributed by atoms with van der Waals surface area (Å²) in [5, 5.41) is 17.1. The van der Waals surface area contributed by atoms with Gasteiger partial charge in [0.2, 0.25) is 0 Å². The number of nitrogens with one attached hydrogen (secondary N) is 1. The molecule has 116 valence electrons. The first-order valence-electron chi connectivity index (χ1n) is 6.61. The van der Waals surface area contributed by atoms with Gasteiger partial charge in [0.1, 0.15) is 5.76 Å². The van der Waals surface area contributed by atoms with Gasteiger partial charge in [-0.1, -0.05) is 18.1 Å². The number of nitro groups is 1. The lowest BCUT2D eigenvalue weighted by Gasteiger charge is -2.06. The number of hydrogen-bond donors (Lipinski definition) is 1. The first-order chi connectivity index (χ1) is 10.5. The van der Waals surface area contributed by atoms with Gasteiger partial charge in [-0.3, -0.25) is 14.9 Å². The number of aromatic nitrogens is 1. The molecule has 1 N–H and O–H groups in total. The number of carbonyl (C=O) groups is 1. The summed E-state index contributed by atoms with van der Waals surface area (Å²) < 4.78 is 5.08. The van der Waals surface area contributed by atoms with Crippen molar-refractivity contribution in [2.75, 3.05) is 11.1 Å². The third-order valence-corrected chi connectivity index (χ3v) is 3.82. The van der Waals surface area contributed by atoms with Crippen LogP contribution in [0.2, 0.25) is 0 Å². The van der Waals surface area contributed by atoms with Crippen LogP contribution in [0.15, 0.2) is 28.8 Å². The molecule has 0 atom stereocenters. The molecule has 0 radical (unpaired) electrons. The van der Waals surface area contributed by atoms with Crippen LogP contribution in [-0.4, -0.2) is 21.7 Å². The second kappa shape index (κ2) is 7.08. The zero-order valence-electron chi connectivity index (χ0n) is 12.2. The van der Waals surface area contributed by atoms with Crippen molar-refractivity contribution < 1.29 is 14.2 Å². The molecule has 0 aliphatic carbocycles. The van der Waals surface area contributed by atoms with E-state index >= 15 is 0 Å². The van der Waals surface area contributed by atoms with Gasteiger partial charge in [-0.15, -0.1) is 0 Å². The van der Waals surface area contributed by atoms with Crippen LogP contribution in [0, 0.1) is 17.0 Å². The Morgan fingerprint density at radius 1 is 1.45 bits per heavy atom. The largest absolute Gasteiger partial charge is 0.360 e. The Morgan fingerprint density at radius 3 is 2.91 bits per heavy atom. The number of benzene rings is 1. The molecule has 1 aromatic heterocycles. The van der Waals surface area contributed by atoms with Gasteiger partial charge in [0.15, 0.2) is 5.69 Å². The number of carbonyl (C=O) groups excluding carboxylic acids is 1. The van der Waals surface area contributed by atoms with E-state index in [0.29, 0.717) is 17.2 Å². The van der Waals surface area contributed by atoms with Crippen LogP contribution in [0.3, 0.4) is 0 Å². The van der Waals surface area contributed by atoms with E-state index < -0.39 is 10.8 Å². The zero-order valence-corrected chi connectivity index (χ0v) is 13.0. The number of thioether (sulfide) groups is 1. The molecule has 0 saturated heterocycles. The molecular weight excluding hydrogens is 306 g/mol. The quantitative estimate of drug-likeness (QED) is 0.647. The molecule has 0 aliphatic heterocycles. The summed E-state index contributed by atoms with van der Waals surface area (Å²) in [5.41, 5.74) is 1.18. The molecule has 2 rings (SSSR count). The molecule has 0 saturated carbocycles. The fraction of sp³-hybridized carbons (Fsp3) is 0.286. The number of rotatable bonds is 6. The van der Waals surface area contributed by atoms with E-state index in [1.165, 1.54) is 12.1 Å². The third kappa shape index (κ3) is 3.85. The number of anilines is 1. The number of nitrogens with zero attached hydrogens (tertiary/aromatic N) is 2. The number of aryl methyl sites for hydroxylation is 1. The van der Waals surface area contributed by atoms with Gasteiger partial charge in [-0.05, 0) is 18.2 Å². The van der Waals surface area contributed by atoms with Crippen LogP contribution < -0.4 is 5.32 Å². The van der Waals surface area contributed by atoms with Gasteiger partial charge in [0, 0.05) is 18.2 Å². The lowest BCUT2D eigenvalue weighted by atomic mass is 10.1. The Hall–Kier alpha value is -2.35. The maximum atomic E-state index is 12.1. The SMILES string of the molecule is CCSCc1cc(C(=O)Nc2cc([N+](=O)[O-])ccc2C)no1. The topological polar surface area (TPSA) is 98.3 Å². The number of hydrogen-bond acceptors (Lipinski definition) is 6. The van der Waals surface area contributed by atoms with Crippen molar-refractivity contribution in [2.45, 2.75) is 19.6 Å². The molecule has 2 aromatic rings. The predicted molar refractivity (Wildman–Crippen MR) is 84.1 cm³/mol. The van der Waals surface area contributed by atoms with Crippen molar-refractivity contribution in [3.8, 4) is 0 Å². The standard InChI is InChI=1S/C14H15N3O4S/c1-3-22-8-11-7-13(16-21-11)14(18)15-12-6-10(17(19)20)5-4-9(12)2/h4-7H,3,8H2,1-2H3,(H,15,18). The Balaban J connectivity index is 2.13. The van der Waals surface area contributed by atoms with E-state index in [1.54, 1.807) is 30.8 Å². The first kappa shape index (κ1) is 16.0. The first-order valence-corrected chi connectivity index (χ1v) is 7.76. The number of nitro benzene ring substituents is 1. The predicted octanol–water partition coefficient (Wildman–Crippen LogP) is 3.40. The fourth-order valence-corrected chi connectivity index (χ4v) is 2.28. The fourth-order valence-electron chi connectivity index (χ4n) is 1.74. The Kier molecular flexibility index (Phi) is 5.16. The minimum Gasteiger partial charge on any atom is -0.360 e. The molecule has 22 heavy (non-hydrogen) atoms. The van der Waals surface area contributed by atoms with Gasteiger partial charge in [0.25, 0.3) is 11.6 Å². The van der Waals surface area contributed by atoms with E-state index in [-0.39, 0.29) is 11.4 Å². The van der Waals surface area contributed by atoms with Crippen molar-refractivity contribution in [1.82, 2.24) is 5.16 Å². The molecule has 1 amide bonds. The molecule has 7 nitrogen and oxygen atoms in total. The molecular formula is C14H15N3O4S. The van der Waals surface area contributed by atoms with Crippen molar-refractivity contribution in [2.24, 2.45) is 0 Å². The number of amides is 1. The molecule has 1 aromatic carbocycles. The molecule has 8 heteroatoms. The van der Waals surface area contributed by atoms with Crippen LogP contribution in [0.25, 0.3) is 0 Å². The summed E-state index contributed by atoms with van der Waals surface area (Å²) in [6.45, 7) is 3.78. The maximum absolute atomic E-state index is 12.1. The lowest BCUT2D eigenvalue weighted by molar-refractivity contribution is -0.384. The van der Waals surface area contributed by atoms with Crippen LogP contribution in [0.5, 0.6) is 0 Å². The minimum absolute atomic E-state index is 0.0823. The Labute approximate surface area is 131 Å². The van der Waals surface area contributed by atoms with E-state index in [4.69, 9.17) is 4.52 Å². The summed E-state index contributed by atoms with van der Waals surface area (Å²) in [7, 11) is 0. The molecule has 0 aliphatic rings. The van der Waals surface area contributed by atoms with Crippen LogP contribution in [0.1, 0.15) is 28.7 Å². The van der Waals surface area contributed by atoms with Gasteiger partial charge < -0.3 is 9.84 Å². The summed E-state index contributed by atoms with van der Waals surface area (Å²) in [6.07, 6.45) is 0. The number of non-ortho nitro benzene ring substituents is 1. The minimum atomic E-state index is -0.509. The molecule has 0 unspecified atom stereocenters. The van der Waals surface area contributed by atoms with Gasteiger partial charge >= 0.3 is 0 Å².